The van der Waals surface area contributed by atoms with Crippen LogP contribution in [0.2, 0.25) is 0 Å². The summed E-state index contributed by atoms with van der Waals surface area (Å²) in [4.78, 5) is 17.1. The fraction of sp³-hybridized carbons (Fsp3) is 0.120. The third-order valence-electron chi connectivity index (χ3n) is 4.36. The maximum absolute atomic E-state index is 11.7. The number of nitrogens with zero attached hydrogens (tertiary/aromatic N) is 3. The topological polar surface area (TPSA) is 83.0 Å². The van der Waals surface area contributed by atoms with Gasteiger partial charge in [0, 0.05) is 18.0 Å². The Morgan fingerprint density at radius 1 is 1.13 bits per heavy atom. The average molecular weight is 437 g/mol. The minimum Gasteiger partial charge on any atom is -0.399 e. The molecule has 0 aliphatic rings. The first-order chi connectivity index (χ1) is 14.5. The average Bonchev–Trinajstić information content (AvgIpc) is 2.77. The van der Waals surface area contributed by atoms with E-state index in [0.717, 1.165) is 11.1 Å². The number of carbonyl (C=O) groups is 1. The molecule has 1 amide bonds. The SMILES string of the molecule is Cc1ccc(C#N)cc1[CH-]c1ccccc1.[CH2-]CN(C[CH2-])C(=O)c1cncc(N)c1.[K+]. The molecular formula is C25H25KN4O-2. The number of hydrogen-bond acceptors (Lipinski definition) is 4. The quantitative estimate of drug-likeness (QED) is 0.482. The van der Waals surface area contributed by atoms with Crippen molar-refractivity contribution < 1.29 is 56.2 Å². The minimum atomic E-state index is -0.144. The molecule has 0 aliphatic heterocycles. The number of carbonyl (C=O) groups excluding carboxylic acids is 1. The molecule has 0 radical (unpaired) electrons. The Kier molecular flexibility index (Phi) is 12.2. The summed E-state index contributed by atoms with van der Waals surface area (Å²) >= 11 is 0. The van der Waals surface area contributed by atoms with Crippen LogP contribution in [0.4, 0.5) is 5.69 Å². The second-order valence-electron chi connectivity index (χ2n) is 6.54. The molecule has 1 heterocycles. The van der Waals surface area contributed by atoms with Crippen molar-refractivity contribution >= 4 is 11.6 Å². The summed E-state index contributed by atoms with van der Waals surface area (Å²) in [6.07, 6.45) is 5.07. The first-order valence-corrected chi connectivity index (χ1v) is 9.47. The van der Waals surface area contributed by atoms with E-state index in [4.69, 9.17) is 11.0 Å². The van der Waals surface area contributed by atoms with E-state index in [1.165, 1.54) is 22.9 Å². The van der Waals surface area contributed by atoms with E-state index in [0.29, 0.717) is 29.9 Å². The fourth-order valence-corrected chi connectivity index (χ4v) is 2.67. The van der Waals surface area contributed by atoms with Crippen LogP contribution < -0.4 is 57.1 Å². The van der Waals surface area contributed by atoms with Gasteiger partial charge in [-0.1, -0.05) is 37.3 Å². The normalized spacial score (nSPS) is 9.35. The number of aryl methyl sites for hydroxylation is 1. The number of rotatable bonds is 5. The van der Waals surface area contributed by atoms with Crippen molar-refractivity contribution in [3.05, 3.63) is 115 Å². The number of amides is 1. The Morgan fingerprint density at radius 3 is 2.39 bits per heavy atom. The third-order valence-corrected chi connectivity index (χ3v) is 4.36. The second kappa shape index (κ2) is 14.0. The summed E-state index contributed by atoms with van der Waals surface area (Å²) in [5.74, 6) is -0.144. The van der Waals surface area contributed by atoms with E-state index in [1.807, 2.05) is 36.4 Å². The van der Waals surface area contributed by atoms with Crippen molar-refractivity contribution in [2.45, 2.75) is 6.92 Å². The van der Waals surface area contributed by atoms with Gasteiger partial charge in [-0.3, -0.25) is 9.78 Å². The van der Waals surface area contributed by atoms with Crippen LogP contribution in [0, 0.1) is 38.5 Å². The standard InChI is InChI=1S/C15H12N.C10H13N3O.K/c1-12-7-8-14(11-16)10-15(12)9-13-5-3-2-4-6-13;1-3-13(4-2)10(14)8-5-9(11)7-12-6-8;/h2-10H,1H3;5-7H,1-4,11H2;/q-1;-2;+1. The number of nitrogens with two attached hydrogens (primary N) is 1. The summed E-state index contributed by atoms with van der Waals surface area (Å²) < 4.78 is 0. The molecule has 3 aromatic rings. The van der Waals surface area contributed by atoms with Crippen molar-refractivity contribution in [3.8, 4) is 6.07 Å². The first kappa shape index (κ1) is 26.9. The van der Waals surface area contributed by atoms with Crippen molar-refractivity contribution in [1.82, 2.24) is 9.88 Å². The molecular weight excluding hydrogens is 411 g/mol. The summed E-state index contributed by atoms with van der Waals surface area (Å²) in [7, 11) is 0. The molecule has 6 heteroatoms. The number of aromatic nitrogens is 1. The second-order valence-corrected chi connectivity index (χ2v) is 6.54. The smallest absolute Gasteiger partial charge is 0.399 e. The number of nitriles is 1. The molecule has 0 aliphatic carbocycles. The van der Waals surface area contributed by atoms with E-state index >= 15 is 0 Å². The Hall–Kier alpha value is -2.14. The van der Waals surface area contributed by atoms with Crippen LogP contribution in [0.3, 0.4) is 0 Å². The Bertz CT molecular complexity index is 1010. The third kappa shape index (κ3) is 8.48. The van der Waals surface area contributed by atoms with E-state index < -0.39 is 0 Å². The molecule has 2 N–H and O–H groups in total. The number of nitrogen functional groups attached to an aromatic ring is 1. The van der Waals surface area contributed by atoms with Crippen LogP contribution in [-0.4, -0.2) is 28.9 Å². The Labute approximate surface area is 227 Å². The van der Waals surface area contributed by atoms with Gasteiger partial charge in [0.2, 0.25) is 0 Å². The van der Waals surface area contributed by atoms with E-state index in [2.05, 4.69) is 50.4 Å². The van der Waals surface area contributed by atoms with E-state index in [-0.39, 0.29) is 57.3 Å². The Morgan fingerprint density at radius 2 is 1.81 bits per heavy atom. The predicted octanol–water partition coefficient (Wildman–Crippen LogP) is 1.25. The van der Waals surface area contributed by atoms with Gasteiger partial charge in [0.25, 0.3) is 5.91 Å². The largest absolute Gasteiger partial charge is 1.00 e. The molecule has 0 spiro atoms. The number of hydrogen-bond donors (Lipinski definition) is 1. The van der Waals surface area contributed by atoms with Crippen LogP contribution in [0.15, 0.2) is 67.0 Å². The van der Waals surface area contributed by atoms with Crippen LogP contribution in [0.5, 0.6) is 0 Å². The number of anilines is 1. The van der Waals surface area contributed by atoms with Crippen molar-refractivity contribution in [1.29, 1.82) is 5.26 Å². The van der Waals surface area contributed by atoms with Crippen molar-refractivity contribution in [2.24, 2.45) is 0 Å². The minimum absolute atomic E-state index is 0. The summed E-state index contributed by atoms with van der Waals surface area (Å²) in [6.45, 7) is 10.1. The van der Waals surface area contributed by atoms with E-state index in [9.17, 15) is 4.79 Å². The van der Waals surface area contributed by atoms with Gasteiger partial charge in [0.05, 0.1) is 17.3 Å². The van der Waals surface area contributed by atoms with Gasteiger partial charge < -0.3 is 24.5 Å². The fourth-order valence-electron chi connectivity index (χ4n) is 2.67. The molecule has 154 valence electrons. The van der Waals surface area contributed by atoms with Crippen LogP contribution >= 0.6 is 0 Å². The zero-order chi connectivity index (χ0) is 21.9. The molecule has 0 fully saturated rings. The van der Waals surface area contributed by atoms with Gasteiger partial charge in [-0.25, -0.2) is 0 Å². The van der Waals surface area contributed by atoms with E-state index in [1.54, 1.807) is 6.07 Å². The molecule has 0 saturated heterocycles. The number of benzene rings is 2. The van der Waals surface area contributed by atoms with Gasteiger partial charge in [0.15, 0.2) is 0 Å². The van der Waals surface area contributed by atoms with Gasteiger partial charge >= 0.3 is 51.4 Å². The maximum atomic E-state index is 11.7. The first-order valence-electron chi connectivity index (χ1n) is 9.47. The molecule has 31 heavy (non-hydrogen) atoms. The van der Waals surface area contributed by atoms with Crippen LogP contribution in [-0.2, 0) is 0 Å². The zero-order valence-corrected chi connectivity index (χ0v) is 21.2. The molecule has 0 bridgehead atoms. The molecule has 1 aromatic heterocycles. The van der Waals surface area contributed by atoms with Crippen LogP contribution in [0.25, 0.3) is 0 Å². The predicted molar refractivity (Wildman–Crippen MR) is 120 cm³/mol. The monoisotopic (exact) mass is 436 g/mol. The Balaban J connectivity index is 0.000000303. The summed E-state index contributed by atoms with van der Waals surface area (Å²) in [5.41, 5.74) is 10.6. The molecule has 2 aromatic carbocycles. The summed E-state index contributed by atoms with van der Waals surface area (Å²) in [6, 6.07) is 19.6. The van der Waals surface area contributed by atoms with Crippen molar-refractivity contribution in [3.63, 3.8) is 0 Å². The molecule has 3 rings (SSSR count). The number of pyridine rings is 1. The zero-order valence-electron chi connectivity index (χ0n) is 18.1. The summed E-state index contributed by atoms with van der Waals surface area (Å²) in [5, 5.41) is 8.86. The molecule has 0 atom stereocenters. The molecule has 0 unspecified atom stereocenters. The van der Waals surface area contributed by atoms with Gasteiger partial charge in [-0.05, 0) is 6.07 Å². The van der Waals surface area contributed by atoms with Crippen molar-refractivity contribution in [2.75, 3.05) is 18.8 Å². The molecule has 0 saturated carbocycles. The molecule has 5 nitrogen and oxygen atoms in total. The van der Waals surface area contributed by atoms with Crippen LogP contribution in [0.1, 0.15) is 32.6 Å². The maximum Gasteiger partial charge on any atom is 1.00 e. The van der Waals surface area contributed by atoms with Gasteiger partial charge in [0.1, 0.15) is 0 Å². The van der Waals surface area contributed by atoms with Gasteiger partial charge in [-0.2, -0.15) is 5.26 Å². The van der Waals surface area contributed by atoms with Gasteiger partial charge in [-0.15, -0.1) is 54.4 Å².